The first kappa shape index (κ1) is 13.9. The largest absolute Gasteiger partial charge is 0.329 e. The number of rotatable bonds is 4. The second-order valence-corrected chi connectivity index (χ2v) is 6.42. The minimum absolute atomic E-state index is 0.248. The van der Waals surface area contributed by atoms with E-state index in [-0.39, 0.29) is 17.5 Å². The van der Waals surface area contributed by atoms with Crippen LogP contribution in [-0.4, -0.2) is 37.3 Å². The van der Waals surface area contributed by atoms with E-state index in [4.69, 9.17) is 5.73 Å². The molecule has 0 aliphatic carbocycles. The van der Waals surface area contributed by atoms with Crippen LogP contribution in [0.5, 0.6) is 0 Å². The van der Waals surface area contributed by atoms with Crippen molar-refractivity contribution in [3.05, 3.63) is 36.7 Å². The van der Waals surface area contributed by atoms with E-state index >= 15 is 0 Å². The van der Waals surface area contributed by atoms with Crippen LogP contribution >= 0.6 is 0 Å². The molecule has 2 rings (SSSR count). The quantitative estimate of drug-likeness (QED) is 0.912. The van der Waals surface area contributed by atoms with Crippen LogP contribution in [0.4, 0.5) is 0 Å². The van der Waals surface area contributed by atoms with E-state index in [9.17, 15) is 8.42 Å². The fourth-order valence-electron chi connectivity index (χ4n) is 1.86. The molecule has 1 aromatic heterocycles. The lowest BCUT2D eigenvalue weighted by Gasteiger charge is -2.23. The van der Waals surface area contributed by atoms with Gasteiger partial charge >= 0.3 is 0 Å². The number of nitrogens with two attached hydrogens (primary N) is 1. The molecule has 0 spiro atoms. The maximum atomic E-state index is 12.6. The summed E-state index contributed by atoms with van der Waals surface area (Å²) in [6.07, 6.45) is 3.24. The summed E-state index contributed by atoms with van der Waals surface area (Å²) in [4.78, 5) is 4.29. The maximum absolute atomic E-state index is 12.6. The van der Waals surface area contributed by atoms with Gasteiger partial charge in [0.05, 0.1) is 4.90 Å². The van der Waals surface area contributed by atoms with Crippen molar-refractivity contribution in [2.45, 2.75) is 17.9 Å². The number of hydrogen-bond acceptors (Lipinski definition) is 4. The van der Waals surface area contributed by atoms with E-state index in [0.717, 1.165) is 5.39 Å². The van der Waals surface area contributed by atoms with Gasteiger partial charge in [-0.1, -0.05) is 12.1 Å². The first-order chi connectivity index (χ1) is 8.98. The van der Waals surface area contributed by atoms with Gasteiger partial charge in [-0.3, -0.25) is 4.98 Å². The number of pyridine rings is 1. The monoisotopic (exact) mass is 279 g/mol. The minimum atomic E-state index is -3.55. The number of hydrogen-bond donors (Lipinski definition) is 1. The Bertz CT molecular complexity index is 680. The predicted octanol–water partition coefficient (Wildman–Crippen LogP) is 1.20. The molecule has 6 heteroatoms. The maximum Gasteiger partial charge on any atom is 0.243 e. The van der Waals surface area contributed by atoms with Gasteiger partial charge in [0.15, 0.2) is 0 Å². The first-order valence-electron chi connectivity index (χ1n) is 5.99. The summed E-state index contributed by atoms with van der Waals surface area (Å²) in [7, 11) is -2.00. The summed E-state index contributed by atoms with van der Waals surface area (Å²) in [5, 5.41) is 1.48. The number of benzene rings is 1. The second kappa shape index (κ2) is 5.24. The molecule has 19 heavy (non-hydrogen) atoms. The fraction of sp³-hybridized carbons (Fsp3) is 0.308. The lowest BCUT2D eigenvalue weighted by molar-refractivity contribution is 0.395. The van der Waals surface area contributed by atoms with Crippen LogP contribution in [0.3, 0.4) is 0 Å². The van der Waals surface area contributed by atoms with Gasteiger partial charge in [-0.15, -0.1) is 0 Å². The van der Waals surface area contributed by atoms with Gasteiger partial charge in [-0.2, -0.15) is 4.31 Å². The van der Waals surface area contributed by atoms with Gasteiger partial charge < -0.3 is 5.73 Å². The zero-order valence-corrected chi connectivity index (χ0v) is 11.8. The number of fused-ring (bicyclic) bond motifs is 1. The summed E-state index contributed by atoms with van der Waals surface area (Å²) in [6.45, 7) is 2.06. The van der Waals surface area contributed by atoms with Crippen molar-refractivity contribution in [3.63, 3.8) is 0 Å². The third kappa shape index (κ3) is 2.47. The van der Waals surface area contributed by atoms with Crippen molar-refractivity contribution >= 4 is 20.8 Å². The van der Waals surface area contributed by atoms with E-state index < -0.39 is 10.0 Å². The number of likely N-dealkylation sites (N-methyl/N-ethyl adjacent to an activating group) is 1. The van der Waals surface area contributed by atoms with Gasteiger partial charge in [0.25, 0.3) is 0 Å². The molecular weight excluding hydrogens is 262 g/mol. The lowest BCUT2D eigenvalue weighted by Crippen LogP contribution is -2.39. The van der Waals surface area contributed by atoms with E-state index in [1.807, 2.05) is 6.07 Å². The molecule has 102 valence electrons. The molecule has 0 fully saturated rings. The van der Waals surface area contributed by atoms with Crippen LogP contribution < -0.4 is 5.73 Å². The highest BCUT2D eigenvalue weighted by molar-refractivity contribution is 7.89. The van der Waals surface area contributed by atoms with Crippen molar-refractivity contribution in [1.82, 2.24) is 9.29 Å². The highest BCUT2D eigenvalue weighted by Crippen LogP contribution is 2.25. The number of aromatic nitrogens is 1. The summed E-state index contributed by atoms with van der Waals surface area (Å²) in [6, 6.07) is 6.63. The highest BCUT2D eigenvalue weighted by Gasteiger charge is 2.26. The van der Waals surface area contributed by atoms with Gasteiger partial charge in [0.1, 0.15) is 0 Å². The molecule has 1 atom stereocenters. The Morgan fingerprint density at radius 2 is 2.11 bits per heavy atom. The van der Waals surface area contributed by atoms with E-state index in [1.165, 1.54) is 4.31 Å². The van der Waals surface area contributed by atoms with E-state index in [0.29, 0.717) is 5.39 Å². The molecule has 0 radical (unpaired) electrons. The highest BCUT2D eigenvalue weighted by atomic mass is 32.2. The van der Waals surface area contributed by atoms with E-state index in [1.54, 1.807) is 44.6 Å². The average Bonchev–Trinajstić information content (AvgIpc) is 2.44. The molecule has 1 unspecified atom stereocenters. The molecule has 0 bridgehead atoms. The Labute approximate surface area is 113 Å². The predicted molar refractivity (Wildman–Crippen MR) is 75.2 cm³/mol. The topological polar surface area (TPSA) is 76.3 Å². The van der Waals surface area contributed by atoms with Crippen molar-refractivity contribution in [1.29, 1.82) is 0 Å². The molecule has 5 nitrogen and oxygen atoms in total. The average molecular weight is 279 g/mol. The summed E-state index contributed by atoms with van der Waals surface area (Å²) >= 11 is 0. The second-order valence-electron chi connectivity index (χ2n) is 4.46. The summed E-state index contributed by atoms with van der Waals surface area (Å²) in [5.41, 5.74) is 5.54. The SMILES string of the molecule is CC(CN)N(C)S(=O)(=O)c1cccc2cnccc12. The van der Waals surface area contributed by atoms with Crippen LogP contribution in [0.15, 0.2) is 41.6 Å². The summed E-state index contributed by atoms with van der Waals surface area (Å²) < 4.78 is 26.5. The number of nitrogens with zero attached hydrogens (tertiary/aromatic N) is 2. The van der Waals surface area contributed by atoms with Crippen LogP contribution in [0.2, 0.25) is 0 Å². The molecule has 0 aliphatic rings. The molecule has 0 aliphatic heterocycles. The smallest absolute Gasteiger partial charge is 0.243 e. The Morgan fingerprint density at radius 1 is 1.37 bits per heavy atom. The van der Waals surface area contributed by atoms with Crippen molar-refractivity contribution in [3.8, 4) is 0 Å². The molecule has 0 saturated heterocycles. The molecule has 1 heterocycles. The summed E-state index contributed by atoms with van der Waals surface area (Å²) in [5.74, 6) is 0. The number of sulfonamides is 1. The van der Waals surface area contributed by atoms with E-state index in [2.05, 4.69) is 4.98 Å². The minimum Gasteiger partial charge on any atom is -0.329 e. The van der Waals surface area contributed by atoms with Crippen LogP contribution in [-0.2, 0) is 10.0 Å². The van der Waals surface area contributed by atoms with Gasteiger partial charge in [-0.05, 0) is 19.1 Å². The fourth-order valence-corrected chi connectivity index (χ4v) is 3.44. The van der Waals surface area contributed by atoms with Crippen LogP contribution in [0, 0.1) is 0 Å². The lowest BCUT2D eigenvalue weighted by atomic mass is 10.2. The first-order valence-corrected chi connectivity index (χ1v) is 7.43. The molecule has 2 aromatic rings. The zero-order chi connectivity index (χ0) is 14.0. The molecular formula is C13H17N3O2S. The Hall–Kier alpha value is -1.50. The van der Waals surface area contributed by atoms with Crippen molar-refractivity contribution in [2.24, 2.45) is 5.73 Å². The molecule has 1 aromatic carbocycles. The van der Waals surface area contributed by atoms with Crippen molar-refractivity contribution < 1.29 is 8.42 Å². The molecule has 0 amide bonds. The van der Waals surface area contributed by atoms with Gasteiger partial charge in [0.2, 0.25) is 10.0 Å². The Morgan fingerprint density at radius 3 is 2.79 bits per heavy atom. The Kier molecular flexibility index (Phi) is 3.84. The zero-order valence-electron chi connectivity index (χ0n) is 10.9. The third-order valence-corrected chi connectivity index (χ3v) is 5.29. The Balaban J connectivity index is 2.61. The van der Waals surface area contributed by atoms with Gasteiger partial charge in [-0.25, -0.2) is 8.42 Å². The molecule has 0 saturated carbocycles. The standard InChI is InChI=1S/C13H17N3O2S/c1-10(8-14)16(2)19(17,18)13-5-3-4-11-9-15-7-6-12(11)13/h3-7,9-10H,8,14H2,1-2H3. The third-order valence-electron chi connectivity index (χ3n) is 3.26. The normalized spacial score (nSPS) is 13.9. The van der Waals surface area contributed by atoms with Crippen LogP contribution in [0.1, 0.15) is 6.92 Å². The van der Waals surface area contributed by atoms with Crippen LogP contribution in [0.25, 0.3) is 10.8 Å². The molecule has 2 N–H and O–H groups in total. The van der Waals surface area contributed by atoms with Gasteiger partial charge in [0, 0.05) is 42.8 Å². The van der Waals surface area contributed by atoms with Crippen molar-refractivity contribution in [2.75, 3.05) is 13.6 Å².